The third-order valence-electron chi connectivity index (χ3n) is 3.88. The highest BCUT2D eigenvalue weighted by Gasteiger charge is 2.18. The summed E-state index contributed by atoms with van der Waals surface area (Å²) in [5.41, 5.74) is 8.04. The zero-order chi connectivity index (χ0) is 14.7. The normalized spacial score (nSPS) is 16.1. The van der Waals surface area contributed by atoms with Crippen LogP contribution < -0.4 is 10.6 Å². The first kappa shape index (κ1) is 13.8. The quantitative estimate of drug-likeness (QED) is 0.939. The molecule has 4 nitrogen and oxygen atoms in total. The van der Waals surface area contributed by atoms with E-state index >= 15 is 0 Å². The van der Waals surface area contributed by atoms with Crippen molar-refractivity contribution in [3.8, 4) is 0 Å². The van der Waals surface area contributed by atoms with E-state index in [-0.39, 0.29) is 5.82 Å². The fourth-order valence-electron chi connectivity index (χ4n) is 2.64. The maximum atomic E-state index is 13.0. The van der Waals surface area contributed by atoms with E-state index in [4.69, 9.17) is 5.73 Å². The van der Waals surface area contributed by atoms with Crippen molar-refractivity contribution in [1.82, 2.24) is 9.88 Å². The third kappa shape index (κ3) is 3.31. The zero-order valence-corrected chi connectivity index (χ0v) is 11.9. The summed E-state index contributed by atoms with van der Waals surface area (Å²) in [6.07, 6.45) is 1.71. The number of nitrogens with two attached hydrogens (primary N) is 1. The summed E-state index contributed by atoms with van der Waals surface area (Å²) in [5.74, 6) is 0.419. The van der Waals surface area contributed by atoms with Gasteiger partial charge in [-0.25, -0.2) is 9.37 Å². The van der Waals surface area contributed by atoms with Crippen molar-refractivity contribution in [2.75, 3.05) is 36.8 Å². The molecule has 1 fully saturated rings. The van der Waals surface area contributed by atoms with Gasteiger partial charge in [-0.2, -0.15) is 0 Å². The fourth-order valence-corrected chi connectivity index (χ4v) is 2.64. The van der Waals surface area contributed by atoms with Crippen molar-refractivity contribution >= 4 is 11.5 Å². The standard InChI is InChI=1S/C16H19FN4/c17-14-3-5-15(6-4-14)21-10-8-20(9-11-21)12-13-2-1-7-19-16(13)18/h1-7H,8-12H2,(H2,18,19). The van der Waals surface area contributed by atoms with Crippen LogP contribution in [0.5, 0.6) is 0 Å². The molecule has 0 amide bonds. The van der Waals surface area contributed by atoms with Gasteiger partial charge in [0.2, 0.25) is 0 Å². The summed E-state index contributed by atoms with van der Waals surface area (Å²) in [4.78, 5) is 8.77. The van der Waals surface area contributed by atoms with E-state index in [2.05, 4.69) is 14.8 Å². The van der Waals surface area contributed by atoms with Crippen LogP contribution in [-0.4, -0.2) is 36.1 Å². The molecule has 1 aliphatic rings. The lowest BCUT2D eigenvalue weighted by Gasteiger charge is -2.36. The molecule has 110 valence electrons. The molecule has 1 aromatic heterocycles. The average molecular weight is 286 g/mol. The molecule has 0 bridgehead atoms. The Morgan fingerprint density at radius 2 is 1.76 bits per heavy atom. The maximum absolute atomic E-state index is 13.0. The van der Waals surface area contributed by atoms with Gasteiger partial charge >= 0.3 is 0 Å². The van der Waals surface area contributed by atoms with Gasteiger partial charge in [-0.05, 0) is 30.3 Å². The van der Waals surface area contributed by atoms with Crippen LogP contribution in [0, 0.1) is 5.82 Å². The second-order valence-corrected chi connectivity index (χ2v) is 5.29. The van der Waals surface area contributed by atoms with Gasteiger partial charge in [-0.15, -0.1) is 0 Å². The van der Waals surface area contributed by atoms with E-state index in [1.807, 2.05) is 24.3 Å². The first-order valence-electron chi connectivity index (χ1n) is 7.14. The van der Waals surface area contributed by atoms with Crippen LogP contribution in [0.4, 0.5) is 15.9 Å². The number of hydrogen-bond acceptors (Lipinski definition) is 4. The SMILES string of the molecule is Nc1ncccc1CN1CCN(c2ccc(F)cc2)CC1. The number of anilines is 2. The number of benzene rings is 1. The maximum Gasteiger partial charge on any atom is 0.127 e. The Hall–Kier alpha value is -2.14. The Bertz CT molecular complexity index is 591. The molecule has 2 aromatic rings. The average Bonchev–Trinajstić information content (AvgIpc) is 2.51. The summed E-state index contributed by atoms with van der Waals surface area (Å²) in [6, 6.07) is 10.6. The molecule has 0 spiro atoms. The van der Waals surface area contributed by atoms with Crippen LogP contribution in [0.25, 0.3) is 0 Å². The number of piperazine rings is 1. The zero-order valence-electron chi connectivity index (χ0n) is 11.9. The monoisotopic (exact) mass is 286 g/mol. The first-order valence-corrected chi connectivity index (χ1v) is 7.14. The number of pyridine rings is 1. The topological polar surface area (TPSA) is 45.4 Å². The Labute approximate surface area is 124 Å². The van der Waals surface area contributed by atoms with E-state index in [1.165, 1.54) is 12.1 Å². The molecule has 0 aliphatic carbocycles. The first-order chi connectivity index (χ1) is 10.2. The summed E-state index contributed by atoms with van der Waals surface area (Å²) >= 11 is 0. The molecule has 3 rings (SSSR count). The van der Waals surface area contributed by atoms with E-state index < -0.39 is 0 Å². The van der Waals surface area contributed by atoms with Crippen LogP contribution in [0.15, 0.2) is 42.6 Å². The van der Waals surface area contributed by atoms with E-state index in [1.54, 1.807) is 6.20 Å². The van der Waals surface area contributed by atoms with Crippen LogP contribution in [0.1, 0.15) is 5.56 Å². The summed E-state index contributed by atoms with van der Waals surface area (Å²) in [6.45, 7) is 4.63. The minimum Gasteiger partial charge on any atom is -0.383 e. The molecule has 1 aromatic carbocycles. The van der Waals surface area contributed by atoms with Gasteiger partial charge in [0, 0.05) is 50.2 Å². The van der Waals surface area contributed by atoms with Gasteiger partial charge in [0.05, 0.1) is 0 Å². The molecular formula is C16H19FN4. The van der Waals surface area contributed by atoms with Crippen molar-refractivity contribution in [3.63, 3.8) is 0 Å². The van der Waals surface area contributed by atoms with Gasteiger partial charge in [0.15, 0.2) is 0 Å². The number of rotatable bonds is 3. The number of halogens is 1. The molecular weight excluding hydrogens is 267 g/mol. The molecule has 0 saturated carbocycles. The van der Waals surface area contributed by atoms with Crippen LogP contribution >= 0.6 is 0 Å². The molecule has 1 saturated heterocycles. The molecule has 2 N–H and O–H groups in total. The van der Waals surface area contributed by atoms with Gasteiger partial charge in [-0.1, -0.05) is 6.07 Å². The number of nitrogens with zero attached hydrogens (tertiary/aromatic N) is 3. The predicted molar refractivity (Wildman–Crippen MR) is 82.5 cm³/mol. The highest BCUT2D eigenvalue weighted by Crippen LogP contribution is 2.18. The Balaban J connectivity index is 1.58. The van der Waals surface area contributed by atoms with Crippen LogP contribution in [0.2, 0.25) is 0 Å². The molecule has 1 aliphatic heterocycles. The predicted octanol–water partition coefficient (Wildman–Crippen LogP) is 2.13. The molecule has 2 heterocycles. The van der Waals surface area contributed by atoms with Crippen LogP contribution in [-0.2, 0) is 6.54 Å². The van der Waals surface area contributed by atoms with Crippen molar-refractivity contribution in [2.45, 2.75) is 6.54 Å². The Morgan fingerprint density at radius 1 is 1.05 bits per heavy atom. The van der Waals surface area contributed by atoms with E-state index in [0.29, 0.717) is 5.82 Å². The Kier molecular flexibility index (Phi) is 4.01. The second-order valence-electron chi connectivity index (χ2n) is 5.29. The Morgan fingerprint density at radius 3 is 2.43 bits per heavy atom. The van der Waals surface area contributed by atoms with E-state index in [9.17, 15) is 4.39 Å². The van der Waals surface area contributed by atoms with Crippen molar-refractivity contribution < 1.29 is 4.39 Å². The van der Waals surface area contributed by atoms with E-state index in [0.717, 1.165) is 44.0 Å². The fraction of sp³-hybridized carbons (Fsp3) is 0.312. The largest absolute Gasteiger partial charge is 0.383 e. The summed E-state index contributed by atoms with van der Waals surface area (Å²) < 4.78 is 13.0. The molecule has 0 radical (unpaired) electrons. The molecule has 5 heteroatoms. The molecule has 21 heavy (non-hydrogen) atoms. The van der Waals surface area contributed by atoms with Crippen LogP contribution in [0.3, 0.4) is 0 Å². The third-order valence-corrected chi connectivity index (χ3v) is 3.88. The highest BCUT2D eigenvalue weighted by atomic mass is 19.1. The molecule has 0 atom stereocenters. The smallest absolute Gasteiger partial charge is 0.127 e. The highest BCUT2D eigenvalue weighted by molar-refractivity contribution is 5.46. The second kappa shape index (κ2) is 6.10. The summed E-state index contributed by atoms with van der Waals surface area (Å²) in [5, 5.41) is 0. The number of hydrogen-bond donors (Lipinski definition) is 1. The van der Waals surface area contributed by atoms with Gasteiger partial charge < -0.3 is 10.6 Å². The van der Waals surface area contributed by atoms with Crippen molar-refractivity contribution in [3.05, 3.63) is 54.0 Å². The lowest BCUT2D eigenvalue weighted by atomic mass is 10.2. The van der Waals surface area contributed by atoms with Crippen molar-refractivity contribution in [2.24, 2.45) is 0 Å². The number of nitrogen functional groups attached to an aromatic ring is 1. The van der Waals surface area contributed by atoms with Crippen molar-refractivity contribution in [1.29, 1.82) is 0 Å². The van der Waals surface area contributed by atoms with Gasteiger partial charge in [0.25, 0.3) is 0 Å². The lowest BCUT2D eigenvalue weighted by Crippen LogP contribution is -2.46. The number of aromatic nitrogens is 1. The lowest BCUT2D eigenvalue weighted by molar-refractivity contribution is 0.250. The van der Waals surface area contributed by atoms with Gasteiger partial charge in [-0.3, -0.25) is 4.90 Å². The molecule has 0 unspecified atom stereocenters. The minimum atomic E-state index is -0.190. The summed E-state index contributed by atoms with van der Waals surface area (Å²) in [7, 11) is 0. The van der Waals surface area contributed by atoms with Gasteiger partial charge in [0.1, 0.15) is 11.6 Å². The minimum absolute atomic E-state index is 0.190.